The number of aromatic amines is 1. The monoisotopic (exact) mass is 375 g/mol. The van der Waals surface area contributed by atoms with Gasteiger partial charge in [-0.05, 0) is 25.8 Å². The number of esters is 1. The molecule has 0 aromatic carbocycles. The van der Waals surface area contributed by atoms with Crippen LogP contribution in [0.3, 0.4) is 0 Å². The highest BCUT2D eigenvalue weighted by molar-refractivity contribution is 5.95. The standard InChI is InChI=1S/C17H15F2N5O3/c1-2-27-16(26)10-7-21-24-8-12(19)13(22-14(10)24)23-17(3-4-17)11-5-9(18)6-20-15(11)25/h5-8H,2-4H2,1H3,(H,20,25)(H,22,23). The number of carbonyl (C=O) groups is 1. The fourth-order valence-electron chi connectivity index (χ4n) is 2.96. The highest BCUT2D eigenvalue weighted by Crippen LogP contribution is 2.47. The molecule has 0 amide bonds. The summed E-state index contributed by atoms with van der Waals surface area (Å²) in [5.41, 5.74) is -0.997. The molecule has 0 spiro atoms. The predicted molar refractivity (Wildman–Crippen MR) is 90.5 cm³/mol. The Balaban J connectivity index is 1.74. The molecule has 0 atom stereocenters. The molecular weight excluding hydrogens is 360 g/mol. The number of H-pyrrole nitrogens is 1. The quantitative estimate of drug-likeness (QED) is 0.661. The normalized spacial score (nSPS) is 14.9. The molecule has 3 heterocycles. The van der Waals surface area contributed by atoms with Crippen LogP contribution in [0, 0.1) is 11.6 Å². The lowest BCUT2D eigenvalue weighted by atomic mass is 10.1. The third kappa shape index (κ3) is 2.92. The summed E-state index contributed by atoms with van der Waals surface area (Å²) in [6.45, 7) is 1.84. The lowest BCUT2D eigenvalue weighted by Crippen LogP contribution is -2.28. The first-order chi connectivity index (χ1) is 12.9. The second-order valence-corrected chi connectivity index (χ2v) is 6.25. The summed E-state index contributed by atoms with van der Waals surface area (Å²) < 4.78 is 34.1. The molecule has 10 heteroatoms. The molecule has 2 N–H and O–H groups in total. The Labute approximate surface area is 151 Å². The maximum absolute atomic E-state index is 14.5. The van der Waals surface area contributed by atoms with Crippen LogP contribution in [0.15, 0.2) is 29.5 Å². The SMILES string of the molecule is CCOC(=O)c1cnn2cc(F)c(NC3(c4cc(F)c[nH]c4=O)CC3)nc12. The highest BCUT2D eigenvalue weighted by atomic mass is 19.1. The van der Waals surface area contributed by atoms with Gasteiger partial charge in [0.2, 0.25) is 0 Å². The summed E-state index contributed by atoms with van der Waals surface area (Å²) in [6, 6.07) is 1.12. The zero-order valence-electron chi connectivity index (χ0n) is 14.3. The molecule has 0 radical (unpaired) electrons. The topological polar surface area (TPSA) is 101 Å². The van der Waals surface area contributed by atoms with Gasteiger partial charge >= 0.3 is 5.97 Å². The van der Waals surface area contributed by atoms with Crippen molar-refractivity contribution in [2.45, 2.75) is 25.3 Å². The van der Waals surface area contributed by atoms with E-state index in [-0.39, 0.29) is 29.2 Å². The van der Waals surface area contributed by atoms with E-state index in [1.165, 1.54) is 6.20 Å². The van der Waals surface area contributed by atoms with E-state index in [0.29, 0.717) is 12.8 Å². The number of carbonyl (C=O) groups excluding carboxylic acids is 1. The lowest BCUT2D eigenvalue weighted by molar-refractivity contribution is 0.0528. The van der Waals surface area contributed by atoms with E-state index in [9.17, 15) is 18.4 Å². The van der Waals surface area contributed by atoms with Crippen LogP contribution in [-0.2, 0) is 10.3 Å². The summed E-state index contributed by atoms with van der Waals surface area (Å²) in [7, 11) is 0. The van der Waals surface area contributed by atoms with Crippen LogP contribution in [0.1, 0.15) is 35.7 Å². The van der Waals surface area contributed by atoms with Gasteiger partial charge in [-0.25, -0.2) is 23.1 Å². The maximum Gasteiger partial charge on any atom is 0.343 e. The molecule has 140 valence electrons. The molecule has 4 rings (SSSR count). The molecule has 0 saturated heterocycles. The highest BCUT2D eigenvalue weighted by Gasteiger charge is 2.47. The molecular formula is C17H15F2N5O3. The van der Waals surface area contributed by atoms with Crippen molar-refractivity contribution in [2.24, 2.45) is 0 Å². The fourth-order valence-corrected chi connectivity index (χ4v) is 2.96. The summed E-state index contributed by atoms with van der Waals surface area (Å²) in [6.07, 6.45) is 4.29. The van der Waals surface area contributed by atoms with Crippen molar-refractivity contribution in [1.82, 2.24) is 19.6 Å². The van der Waals surface area contributed by atoms with Crippen molar-refractivity contribution in [1.29, 1.82) is 0 Å². The number of hydrogen-bond donors (Lipinski definition) is 2. The predicted octanol–water partition coefficient (Wildman–Crippen LogP) is 1.97. The number of anilines is 1. The number of halogens is 2. The van der Waals surface area contributed by atoms with Gasteiger partial charge in [0.25, 0.3) is 5.56 Å². The summed E-state index contributed by atoms with van der Waals surface area (Å²) >= 11 is 0. The Kier molecular flexibility index (Phi) is 3.90. The van der Waals surface area contributed by atoms with Gasteiger partial charge in [-0.3, -0.25) is 4.79 Å². The summed E-state index contributed by atoms with van der Waals surface area (Å²) in [4.78, 5) is 30.5. The van der Waals surface area contributed by atoms with E-state index < -0.39 is 28.7 Å². The van der Waals surface area contributed by atoms with E-state index in [2.05, 4.69) is 20.4 Å². The largest absolute Gasteiger partial charge is 0.462 e. The van der Waals surface area contributed by atoms with Crippen molar-refractivity contribution in [3.8, 4) is 0 Å². The Hall–Kier alpha value is -3.30. The Morgan fingerprint density at radius 2 is 2.22 bits per heavy atom. The van der Waals surface area contributed by atoms with Gasteiger partial charge < -0.3 is 15.0 Å². The van der Waals surface area contributed by atoms with Crippen molar-refractivity contribution in [3.05, 3.63) is 57.8 Å². The summed E-state index contributed by atoms with van der Waals surface area (Å²) in [5.74, 6) is -2.10. The molecule has 3 aromatic heterocycles. The third-order valence-electron chi connectivity index (χ3n) is 4.44. The van der Waals surface area contributed by atoms with Gasteiger partial charge in [0, 0.05) is 11.8 Å². The van der Waals surface area contributed by atoms with E-state index in [1.54, 1.807) is 6.92 Å². The number of ether oxygens (including phenoxy) is 1. The second-order valence-electron chi connectivity index (χ2n) is 6.25. The molecule has 27 heavy (non-hydrogen) atoms. The number of pyridine rings is 1. The van der Waals surface area contributed by atoms with Crippen molar-refractivity contribution >= 4 is 17.4 Å². The average molecular weight is 375 g/mol. The number of hydrogen-bond acceptors (Lipinski definition) is 6. The summed E-state index contributed by atoms with van der Waals surface area (Å²) in [5, 5.41) is 6.80. The Bertz CT molecular complexity index is 1100. The van der Waals surface area contributed by atoms with Crippen LogP contribution in [0.25, 0.3) is 5.65 Å². The Morgan fingerprint density at radius 3 is 2.93 bits per heavy atom. The second kappa shape index (κ2) is 6.15. The zero-order valence-corrected chi connectivity index (χ0v) is 14.3. The molecule has 0 aliphatic heterocycles. The Morgan fingerprint density at radius 1 is 1.44 bits per heavy atom. The fraction of sp³-hybridized carbons (Fsp3) is 0.294. The van der Waals surface area contributed by atoms with Gasteiger partial charge in [0.05, 0.1) is 24.5 Å². The minimum absolute atomic E-state index is 0.0911. The molecule has 1 saturated carbocycles. The first-order valence-corrected chi connectivity index (χ1v) is 8.31. The third-order valence-corrected chi connectivity index (χ3v) is 4.44. The number of aromatic nitrogens is 4. The van der Waals surface area contributed by atoms with E-state index >= 15 is 0 Å². The minimum atomic E-state index is -0.911. The molecule has 1 aliphatic carbocycles. The van der Waals surface area contributed by atoms with Crippen molar-refractivity contribution in [2.75, 3.05) is 11.9 Å². The smallest absolute Gasteiger partial charge is 0.343 e. The van der Waals surface area contributed by atoms with Gasteiger partial charge in [0.1, 0.15) is 11.4 Å². The van der Waals surface area contributed by atoms with Crippen molar-refractivity contribution in [3.63, 3.8) is 0 Å². The van der Waals surface area contributed by atoms with Crippen molar-refractivity contribution < 1.29 is 18.3 Å². The van der Waals surface area contributed by atoms with Gasteiger partial charge in [-0.2, -0.15) is 5.10 Å². The molecule has 0 unspecified atom stereocenters. The number of nitrogens with one attached hydrogen (secondary N) is 2. The van der Waals surface area contributed by atoms with Crippen LogP contribution < -0.4 is 10.9 Å². The van der Waals surface area contributed by atoms with Gasteiger partial charge in [-0.15, -0.1) is 0 Å². The van der Waals surface area contributed by atoms with Crippen LogP contribution in [-0.4, -0.2) is 32.2 Å². The molecule has 3 aromatic rings. The minimum Gasteiger partial charge on any atom is -0.462 e. The van der Waals surface area contributed by atoms with E-state index in [4.69, 9.17) is 4.74 Å². The van der Waals surface area contributed by atoms with Crippen LogP contribution in [0.5, 0.6) is 0 Å². The zero-order chi connectivity index (χ0) is 19.2. The van der Waals surface area contributed by atoms with Gasteiger partial charge in [-0.1, -0.05) is 0 Å². The molecule has 1 fully saturated rings. The lowest BCUT2D eigenvalue weighted by Gasteiger charge is -2.18. The number of nitrogens with zero attached hydrogens (tertiary/aromatic N) is 3. The van der Waals surface area contributed by atoms with Gasteiger partial charge in [0.15, 0.2) is 17.3 Å². The first-order valence-electron chi connectivity index (χ1n) is 8.31. The van der Waals surface area contributed by atoms with Crippen LogP contribution >= 0.6 is 0 Å². The molecule has 8 nitrogen and oxygen atoms in total. The number of fused-ring (bicyclic) bond motifs is 1. The molecule has 0 bridgehead atoms. The first kappa shape index (κ1) is 17.1. The number of rotatable bonds is 5. The van der Waals surface area contributed by atoms with Crippen LogP contribution in [0.2, 0.25) is 0 Å². The maximum atomic E-state index is 14.5. The average Bonchev–Trinajstić information content (AvgIpc) is 3.30. The van der Waals surface area contributed by atoms with E-state index in [0.717, 1.165) is 23.0 Å². The van der Waals surface area contributed by atoms with E-state index in [1.807, 2.05) is 0 Å². The molecule has 1 aliphatic rings. The van der Waals surface area contributed by atoms with Crippen LogP contribution in [0.4, 0.5) is 14.6 Å².